The molecule has 1 saturated heterocycles. The monoisotopic (exact) mass is 220 g/mol. The number of hydrazone groups is 1. The predicted octanol–water partition coefficient (Wildman–Crippen LogP) is 1.92. The Labute approximate surface area is 94.8 Å². The zero-order valence-electron chi connectivity index (χ0n) is 9.13. The van der Waals surface area contributed by atoms with Gasteiger partial charge in [0.05, 0.1) is 6.21 Å². The van der Waals surface area contributed by atoms with E-state index in [0.717, 1.165) is 18.7 Å². The number of aromatic hydroxyl groups is 2. The molecule has 2 N–H and O–H groups in total. The highest BCUT2D eigenvalue weighted by Gasteiger charge is 2.06. The van der Waals surface area contributed by atoms with Gasteiger partial charge in [0.15, 0.2) is 11.5 Å². The van der Waals surface area contributed by atoms with E-state index in [2.05, 4.69) is 5.10 Å². The Morgan fingerprint density at radius 2 is 1.81 bits per heavy atom. The molecule has 0 aromatic heterocycles. The lowest BCUT2D eigenvalue weighted by Crippen LogP contribution is -2.24. The van der Waals surface area contributed by atoms with Crippen LogP contribution in [-0.2, 0) is 0 Å². The second kappa shape index (κ2) is 4.88. The van der Waals surface area contributed by atoms with Gasteiger partial charge in [-0.1, -0.05) is 0 Å². The fourth-order valence-electron chi connectivity index (χ4n) is 1.76. The summed E-state index contributed by atoms with van der Waals surface area (Å²) in [5.74, 6) is -0.210. The minimum absolute atomic E-state index is 0.102. The zero-order valence-corrected chi connectivity index (χ0v) is 9.13. The molecule has 0 unspecified atom stereocenters. The molecule has 16 heavy (non-hydrogen) atoms. The Morgan fingerprint density at radius 3 is 2.50 bits per heavy atom. The van der Waals surface area contributed by atoms with E-state index in [0.29, 0.717) is 0 Å². The topological polar surface area (TPSA) is 56.1 Å². The number of benzene rings is 1. The van der Waals surface area contributed by atoms with Crippen LogP contribution < -0.4 is 0 Å². The van der Waals surface area contributed by atoms with Gasteiger partial charge in [0.1, 0.15) is 0 Å². The van der Waals surface area contributed by atoms with Crippen molar-refractivity contribution in [3.8, 4) is 11.5 Å². The van der Waals surface area contributed by atoms with Crippen LogP contribution in [0.25, 0.3) is 0 Å². The van der Waals surface area contributed by atoms with Gasteiger partial charge in [0.25, 0.3) is 0 Å². The summed E-state index contributed by atoms with van der Waals surface area (Å²) in [7, 11) is 0. The molecule has 0 atom stereocenters. The normalized spacial score (nSPS) is 16.9. The molecule has 0 amide bonds. The van der Waals surface area contributed by atoms with Gasteiger partial charge in [0.2, 0.25) is 0 Å². The van der Waals surface area contributed by atoms with Crippen molar-refractivity contribution in [2.24, 2.45) is 5.10 Å². The highest BCUT2D eigenvalue weighted by molar-refractivity contribution is 5.80. The maximum absolute atomic E-state index is 9.31. The van der Waals surface area contributed by atoms with E-state index in [1.54, 1.807) is 12.3 Å². The second-order valence-corrected chi connectivity index (χ2v) is 4.01. The summed E-state index contributed by atoms with van der Waals surface area (Å²) in [4.78, 5) is 0. The molecule has 86 valence electrons. The van der Waals surface area contributed by atoms with Crippen molar-refractivity contribution in [3.05, 3.63) is 23.8 Å². The predicted molar refractivity (Wildman–Crippen MR) is 62.8 cm³/mol. The average molecular weight is 220 g/mol. The maximum atomic E-state index is 9.31. The fraction of sp³-hybridized carbons (Fsp3) is 0.417. The molecule has 1 aliphatic rings. The van der Waals surface area contributed by atoms with Gasteiger partial charge in [-0.25, -0.2) is 0 Å². The Morgan fingerprint density at radius 1 is 1.06 bits per heavy atom. The Balaban J connectivity index is 2.02. The van der Waals surface area contributed by atoms with Crippen molar-refractivity contribution in [3.63, 3.8) is 0 Å². The molecule has 4 heteroatoms. The van der Waals surface area contributed by atoms with Gasteiger partial charge in [-0.3, -0.25) is 5.01 Å². The van der Waals surface area contributed by atoms with Gasteiger partial charge >= 0.3 is 0 Å². The van der Waals surface area contributed by atoms with E-state index < -0.39 is 0 Å². The number of phenolic OH excluding ortho intramolecular Hbond substituents is 2. The first-order chi connectivity index (χ1) is 7.75. The molecular formula is C12H16N2O2. The first-order valence-electron chi connectivity index (χ1n) is 5.56. The summed E-state index contributed by atoms with van der Waals surface area (Å²) < 4.78 is 0. The summed E-state index contributed by atoms with van der Waals surface area (Å²) in [5, 5.41) is 24.8. The molecule has 2 rings (SSSR count). The molecule has 0 aliphatic carbocycles. The Hall–Kier alpha value is -1.71. The highest BCUT2D eigenvalue weighted by atomic mass is 16.3. The smallest absolute Gasteiger partial charge is 0.158 e. The molecule has 0 bridgehead atoms. The molecule has 1 aliphatic heterocycles. The van der Waals surface area contributed by atoms with Crippen molar-refractivity contribution in [1.29, 1.82) is 0 Å². The minimum atomic E-state index is -0.109. The van der Waals surface area contributed by atoms with Crippen molar-refractivity contribution >= 4 is 6.21 Å². The van der Waals surface area contributed by atoms with Crippen LogP contribution in [0.4, 0.5) is 0 Å². The van der Waals surface area contributed by atoms with E-state index in [1.165, 1.54) is 31.4 Å². The van der Waals surface area contributed by atoms with Gasteiger partial charge in [-0.2, -0.15) is 5.10 Å². The van der Waals surface area contributed by atoms with Gasteiger partial charge in [-0.15, -0.1) is 0 Å². The standard InChI is InChI=1S/C12H16N2O2/c15-11-5-4-10(8-12(11)16)9-13-14-6-2-1-3-7-14/h4-5,8-9,15-16H,1-3,6-7H2/b13-9+. The molecule has 0 spiro atoms. The van der Waals surface area contributed by atoms with E-state index >= 15 is 0 Å². The third-order valence-electron chi connectivity index (χ3n) is 2.70. The van der Waals surface area contributed by atoms with E-state index in [9.17, 15) is 5.11 Å². The summed E-state index contributed by atoms with van der Waals surface area (Å²) >= 11 is 0. The van der Waals surface area contributed by atoms with Crippen molar-refractivity contribution in [1.82, 2.24) is 5.01 Å². The lowest BCUT2D eigenvalue weighted by atomic mass is 10.2. The largest absolute Gasteiger partial charge is 0.504 e. The third-order valence-corrected chi connectivity index (χ3v) is 2.70. The second-order valence-electron chi connectivity index (χ2n) is 4.01. The van der Waals surface area contributed by atoms with E-state index in [-0.39, 0.29) is 11.5 Å². The number of piperidine rings is 1. The van der Waals surface area contributed by atoms with Crippen LogP contribution in [0.3, 0.4) is 0 Å². The Bertz CT molecular complexity index is 385. The summed E-state index contributed by atoms with van der Waals surface area (Å²) in [6, 6.07) is 4.69. The Kier molecular flexibility index (Phi) is 3.29. The zero-order chi connectivity index (χ0) is 11.4. The lowest BCUT2D eigenvalue weighted by molar-refractivity contribution is 0.240. The molecule has 0 saturated carbocycles. The number of phenols is 2. The average Bonchev–Trinajstić information content (AvgIpc) is 2.32. The first-order valence-corrected chi connectivity index (χ1v) is 5.56. The molecule has 0 radical (unpaired) electrons. The van der Waals surface area contributed by atoms with Crippen LogP contribution >= 0.6 is 0 Å². The molecule has 4 nitrogen and oxygen atoms in total. The number of nitrogens with zero attached hydrogens (tertiary/aromatic N) is 2. The molecule has 1 fully saturated rings. The molecular weight excluding hydrogens is 204 g/mol. The quantitative estimate of drug-likeness (QED) is 0.591. The van der Waals surface area contributed by atoms with Crippen molar-refractivity contribution in [2.75, 3.05) is 13.1 Å². The van der Waals surface area contributed by atoms with Crippen LogP contribution in [0, 0.1) is 0 Å². The highest BCUT2D eigenvalue weighted by Crippen LogP contribution is 2.24. The van der Waals surface area contributed by atoms with Crippen LogP contribution in [0.1, 0.15) is 24.8 Å². The van der Waals surface area contributed by atoms with Crippen LogP contribution in [0.5, 0.6) is 11.5 Å². The number of rotatable bonds is 2. The summed E-state index contributed by atoms with van der Waals surface area (Å²) in [5.41, 5.74) is 0.792. The fourth-order valence-corrected chi connectivity index (χ4v) is 1.76. The van der Waals surface area contributed by atoms with Crippen LogP contribution in [0.15, 0.2) is 23.3 Å². The van der Waals surface area contributed by atoms with Crippen LogP contribution in [0.2, 0.25) is 0 Å². The van der Waals surface area contributed by atoms with Crippen LogP contribution in [-0.4, -0.2) is 34.5 Å². The SMILES string of the molecule is Oc1ccc(/C=N/N2CCCCC2)cc1O. The van der Waals surface area contributed by atoms with Crippen molar-refractivity contribution < 1.29 is 10.2 Å². The first kappa shape index (κ1) is 10.8. The maximum Gasteiger partial charge on any atom is 0.158 e. The van der Waals surface area contributed by atoms with Gasteiger partial charge in [0, 0.05) is 13.1 Å². The number of hydrogen-bond acceptors (Lipinski definition) is 4. The van der Waals surface area contributed by atoms with E-state index in [1.807, 2.05) is 5.01 Å². The third kappa shape index (κ3) is 2.66. The summed E-state index contributed by atoms with van der Waals surface area (Å²) in [6.07, 6.45) is 5.38. The molecule has 1 heterocycles. The lowest BCUT2D eigenvalue weighted by Gasteiger charge is -2.23. The summed E-state index contributed by atoms with van der Waals surface area (Å²) in [6.45, 7) is 2.00. The molecule has 1 aromatic rings. The van der Waals surface area contributed by atoms with Gasteiger partial charge in [-0.05, 0) is 43.0 Å². The van der Waals surface area contributed by atoms with Crippen molar-refractivity contribution in [2.45, 2.75) is 19.3 Å². The number of hydrogen-bond donors (Lipinski definition) is 2. The molecule has 1 aromatic carbocycles. The van der Waals surface area contributed by atoms with Gasteiger partial charge < -0.3 is 10.2 Å². The van der Waals surface area contributed by atoms with E-state index in [4.69, 9.17) is 5.11 Å². The minimum Gasteiger partial charge on any atom is -0.504 e.